The molecule has 3 heteroatoms. The molecule has 0 bridgehead atoms. The van der Waals surface area contributed by atoms with Gasteiger partial charge in [0.25, 0.3) is 0 Å². The van der Waals surface area contributed by atoms with E-state index in [-0.39, 0.29) is 0 Å². The average molecular weight is 463 g/mol. The normalized spacial score (nSPS) is 11.9. The van der Waals surface area contributed by atoms with E-state index in [9.17, 15) is 0 Å². The molecule has 0 amide bonds. The molecule has 0 unspecified atom stereocenters. The molecule has 0 atom stereocenters. The monoisotopic (exact) mass is 463 g/mol. The highest BCUT2D eigenvalue weighted by Crippen LogP contribution is 2.38. The van der Waals surface area contributed by atoms with E-state index < -0.39 is 0 Å². The van der Waals surface area contributed by atoms with Gasteiger partial charge in [-0.25, -0.2) is 0 Å². The molecule has 5 aromatic carbocycles. The molecule has 0 saturated heterocycles. The van der Waals surface area contributed by atoms with Crippen molar-refractivity contribution < 1.29 is 4.42 Å². The van der Waals surface area contributed by atoms with Crippen molar-refractivity contribution in [3.63, 3.8) is 0 Å². The maximum Gasteiger partial charge on any atom is 0.139 e. The second kappa shape index (κ2) is 7.63. The summed E-state index contributed by atoms with van der Waals surface area (Å²) in [5, 5.41) is 4.86. The van der Waals surface area contributed by atoms with Crippen molar-refractivity contribution in [2.75, 3.05) is 0 Å². The first-order valence-electron chi connectivity index (χ1n) is 12.5. The second-order valence-corrected chi connectivity index (χ2v) is 10.1. The van der Waals surface area contributed by atoms with E-state index in [1.165, 1.54) is 55.1 Å². The number of hydrogen-bond donors (Lipinski definition) is 0. The maximum absolute atomic E-state index is 6.10. The third-order valence-electron chi connectivity index (χ3n) is 7.50. The van der Waals surface area contributed by atoms with Crippen molar-refractivity contribution in [3.8, 4) is 16.8 Å². The minimum atomic E-state index is 0.921. The molecule has 0 aliphatic carbocycles. The number of hydrogen-bond acceptors (Lipinski definition) is 1. The molecule has 0 aliphatic rings. The van der Waals surface area contributed by atoms with Crippen molar-refractivity contribution >= 4 is 57.1 Å². The van der Waals surface area contributed by atoms with Crippen LogP contribution in [0.1, 0.15) is 16.7 Å². The number of benzene rings is 5. The highest BCUT2D eigenvalue weighted by atomic mass is 16.3. The van der Waals surface area contributed by atoms with Gasteiger partial charge in [-0.3, -0.25) is 0 Å². The Morgan fingerprint density at radius 2 is 1.31 bits per heavy atom. The summed E-state index contributed by atoms with van der Waals surface area (Å²) in [4.78, 5) is 0. The number of furan rings is 1. The first kappa shape index (κ1) is 21.1. The maximum atomic E-state index is 6.10. The van der Waals surface area contributed by atoms with Gasteiger partial charge >= 0.3 is 0 Å². The van der Waals surface area contributed by atoms with Crippen LogP contribution in [-0.4, -0.2) is 12.4 Å². The van der Waals surface area contributed by atoms with Gasteiger partial charge in [0.1, 0.15) is 19.0 Å². The van der Waals surface area contributed by atoms with E-state index in [4.69, 9.17) is 4.42 Å². The molecule has 0 spiro atoms. The summed E-state index contributed by atoms with van der Waals surface area (Å²) in [6, 6.07) is 33.1. The Morgan fingerprint density at radius 3 is 2.11 bits per heavy atom. The predicted octanol–water partition coefficient (Wildman–Crippen LogP) is 7.53. The molecule has 0 N–H and O–H groups in total. The molecule has 7 aromatic rings. The second-order valence-electron chi connectivity index (χ2n) is 10.1. The van der Waals surface area contributed by atoms with Crippen LogP contribution in [0.5, 0.6) is 0 Å². The van der Waals surface area contributed by atoms with E-state index in [1.54, 1.807) is 0 Å². The van der Waals surface area contributed by atoms with Gasteiger partial charge in [0.2, 0.25) is 0 Å². The van der Waals surface area contributed by atoms with Crippen molar-refractivity contribution in [2.45, 2.75) is 20.8 Å². The van der Waals surface area contributed by atoms with Crippen LogP contribution in [-0.2, 0) is 0 Å². The Labute approximate surface area is 211 Å². The lowest BCUT2D eigenvalue weighted by atomic mass is 9.92. The fraction of sp³-hybridized carbons (Fsp3) is 0.0909. The molecular weight excluding hydrogens is 437 g/mol. The highest BCUT2D eigenvalue weighted by Gasteiger charge is 2.16. The molecular formula is C33H26BNO. The first-order chi connectivity index (χ1) is 17.5. The number of nitrogens with zero attached hydrogens (tertiary/aromatic N) is 1. The summed E-state index contributed by atoms with van der Waals surface area (Å²) in [6.45, 7) is 6.61. The number of fused-ring (bicyclic) bond motifs is 6. The van der Waals surface area contributed by atoms with Crippen LogP contribution in [0.15, 0.2) is 95.4 Å². The highest BCUT2D eigenvalue weighted by molar-refractivity contribution is 6.34. The number of para-hydroxylation sites is 1. The Balaban J connectivity index is 1.53. The van der Waals surface area contributed by atoms with Gasteiger partial charge in [-0.15, -0.1) is 0 Å². The fourth-order valence-electron chi connectivity index (χ4n) is 6.06. The van der Waals surface area contributed by atoms with Crippen molar-refractivity contribution in [1.29, 1.82) is 0 Å². The third kappa shape index (κ3) is 3.06. The SMILES string of the molecule is Bc1ccc2c(c1)c1cc(-c3c(C)cc(C)cc3C)ccc1n2-c1ccc2oc3ccccc3c2c1. The van der Waals surface area contributed by atoms with E-state index in [1.807, 2.05) is 12.1 Å². The van der Waals surface area contributed by atoms with Gasteiger partial charge in [-0.05, 0) is 85.5 Å². The van der Waals surface area contributed by atoms with Crippen LogP contribution in [0, 0.1) is 20.8 Å². The summed E-state index contributed by atoms with van der Waals surface area (Å²) in [7, 11) is 2.17. The number of rotatable bonds is 2. The van der Waals surface area contributed by atoms with E-state index in [0.717, 1.165) is 27.6 Å². The summed E-state index contributed by atoms with van der Waals surface area (Å²) in [5.41, 5.74) is 13.3. The number of aryl methyl sites for hydroxylation is 3. The lowest BCUT2D eigenvalue weighted by molar-refractivity contribution is 0.669. The fourth-order valence-corrected chi connectivity index (χ4v) is 6.06. The van der Waals surface area contributed by atoms with Gasteiger partial charge in [0.15, 0.2) is 0 Å². The molecule has 2 aromatic heterocycles. The molecule has 36 heavy (non-hydrogen) atoms. The first-order valence-corrected chi connectivity index (χ1v) is 12.5. The zero-order valence-corrected chi connectivity index (χ0v) is 21.0. The van der Waals surface area contributed by atoms with Crippen LogP contribution >= 0.6 is 0 Å². The standard InChI is InChI=1S/C33H26BNO/c1-19-14-20(2)33(21(3)15-19)22-8-11-29-26(16-22)27-17-23(34)9-12-30(27)35(29)24-10-13-32-28(18-24)25-6-4-5-7-31(25)36-32/h4-18H,34H2,1-3H3. The Hall–Kier alpha value is -4.24. The van der Waals surface area contributed by atoms with E-state index in [2.05, 4.69) is 112 Å². The minimum absolute atomic E-state index is 0.921. The topological polar surface area (TPSA) is 18.1 Å². The lowest BCUT2D eigenvalue weighted by Crippen LogP contribution is -2.00. The Morgan fingerprint density at radius 1 is 0.611 bits per heavy atom. The van der Waals surface area contributed by atoms with Crippen LogP contribution in [0.2, 0.25) is 0 Å². The Bertz CT molecular complexity index is 1970. The van der Waals surface area contributed by atoms with Gasteiger partial charge in [-0.1, -0.05) is 59.6 Å². The van der Waals surface area contributed by atoms with Crippen molar-refractivity contribution in [2.24, 2.45) is 0 Å². The smallest absolute Gasteiger partial charge is 0.139 e. The van der Waals surface area contributed by atoms with Gasteiger partial charge in [0.05, 0.1) is 11.0 Å². The number of aromatic nitrogens is 1. The van der Waals surface area contributed by atoms with Crippen LogP contribution in [0.25, 0.3) is 60.6 Å². The zero-order chi connectivity index (χ0) is 24.6. The summed E-state index contributed by atoms with van der Waals surface area (Å²) < 4.78 is 8.49. The predicted molar refractivity (Wildman–Crippen MR) is 156 cm³/mol. The van der Waals surface area contributed by atoms with Crippen LogP contribution in [0.4, 0.5) is 0 Å². The van der Waals surface area contributed by atoms with E-state index in [0.29, 0.717) is 0 Å². The molecule has 2 nitrogen and oxygen atoms in total. The zero-order valence-electron chi connectivity index (χ0n) is 21.0. The van der Waals surface area contributed by atoms with Gasteiger partial charge in [0, 0.05) is 27.2 Å². The molecule has 172 valence electrons. The molecule has 0 saturated carbocycles. The van der Waals surface area contributed by atoms with E-state index >= 15 is 0 Å². The van der Waals surface area contributed by atoms with Gasteiger partial charge < -0.3 is 8.98 Å². The molecule has 0 aliphatic heterocycles. The summed E-state index contributed by atoms with van der Waals surface area (Å²) >= 11 is 0. The summed E-state index contributed by atoms with van der Waals surface area (Å²) in [6.07, 6.45) is 0. The molecule has 7 rings (SSSR count). The lowest BCUT2D eigenvalue weighted by Gasteiger charge is -2.13. The third-order valence-corrected chi connectivity index (χ3v) is 7.50. The van der Waals surface area contributed by atoms with Crippen molar-refractivity contribution in [1.82, 2.24) is 4.57 Å². The van der Waals surface area contributed by atoms with Crippen molar-refractivity contribution in [3.05, 3.63) is 108 Å². The quantitative estimate of drug-likeness (QED) is 0.242. The summed E-state index contributed by atoms with van der Waals surface area (Å²) in [5.74, 6) is 0. The van der Waals surface area contributed by atoms with Gasteiger partial charge in [-0.2, -0.15) is 0 Å². The van der Waals surface area contributed by atoms with Crippen LogP contribution in [0.3, 0.4) is 0 Å². The Kier molecular flexibility index (Phi) is 4.47. The molecule has 0 fully saturated rings. The minimum Gasteiger partial charge on any atom is -0.456 e. The largest absolute Gasteiger partial charge is 0.456 e. The molecule has 2 heterocycles. The average Bonchev–Trinajstić information content (AvgIpc) is 3.38. The molecule has 0 radical (unpaired) electrons. The van der Waals surface area contributed by atoms with Crippen LogP contribution < -0.4 is 5.46 Å².